The van der Waals surface area contributed by atoms with Crippen LogP contribution < -0.4 is 15.4 Å². The normalized spacial score (nSPS) is 11.3. The van der Waals surface area contributed by atoms with Crippen LogP contribution in [0.3, 0.4) is 0 Å². The van der Waals surface area contributed by atoms with Crippen molar-refractivity contribution in [1.29, 1.82) is 0 Å². The molecule has 3 aromatic carbocycles. The van der Waals surface area contributed by atoms with E-state index in [-0.39, 0.29) is 37.1 Å². The number of amides is 2. The molecule has 0 radical (unpaired) electrons. The lowest BCUT2D eigenvalue weighted by Gasteiger charge is -2.17. The van der Waals surface area contributed by atoms with E-state index in [1.54, 1.807) is 60.7 Å². The monoisotopic (exact) mass is 498 g/mol. The van der Waals surface area contributed by atoms with Gasteiger partial charge in [0.2, 0.25) is 5.91 Å². The Hall–Kier alpha value is -3.91. The first-order valence-electron chi connectivity index (χ1n) is 10.7. The second-order valence-electron chi connectivity index (χ2n) is 7.67. The number of benzene rings is 3. The molecule has 3 rings (SSSR count). The van der Waals surface area contributed by atoms with Gasteiger partial charge < -0.3 is 20.1 Å². The molecule has 9 heteroatoms. The Morgan fingerprint density at radius 1 is 0.943 bits per heavy atom. The first-order valence-corrected chi connectivity index (χ1v) is 11.1. The maximum atomic E-state index is 13.0. The van der Waals surface area contributed by atoms with Crippen molar-refractivity contribution in [3.8, 4) is 5.75 Å². The summed E-state index contributed by atoms with van der Waals surface area (Å²) in [6.45, 7) is 1.20. The van der Waals surface area contributed by atoms with Gasteiger partial charge in [0.1, 0.15) is 30.8 Å². The minimum atomic E-state index is -0.905. The number of ether oxygens (including phenoxy) is 2. The molecule has 0 bridgehead atoms. The van der Waals surface area contributed by atoms with Gasteiger partial charge in [-0.1, -0.05) is 48.0 Å². The van der Waals surface area contributed by atoms with Crippen molar-refractivity contribution in [3.63, 3.8) is 0 Å². The Morgan fingerprint density at radius 2 is 1.60 bits per heavy atom. The summed E-state index contributed by atoms with van der Waals surface area (Å²) < 4.78 is 23.7. The summed E-state index contributed by atoms with van der Waals surface area (Å²) >= 11 is 6.03. The highest BCUT2D eigenvalue weighted by Gasteiger charge is 2.19. The summed E-state index contributed by atoms with van der Waals surface area (Å²) in [6.07, 6.45) is -0.660. The van der Waals surface area contributed by atoms with Crippen LogP contribution in [0.15, 0.2) is 72.8 Å². The number of carbonyl (C=O) groups is 3. The van der Waals surface area contributed by atoms with Gasteiger partial charge in [0.15, 0.2) is 5.78 Å². The van der Waals surface area contributed by atoms with E-state index in [1.807, 2.05) is 0 Å². The fourth-order valence-corrected chi connectivity index (χ4v) is 3.20. The smallest absolute Gasteiger partial charge is 0.408 e. The lowest BCUT2D eigenvalue weighted by molar-refractivity contribution is -0.119. The van der Waals surface area contributed by atoms with Crippen molar-refractivity contribution in [3.05, 3.63) is 94.8 Å². The number of Topliss-reactive ketones (excluding diaryl/α,β-unsaturated/α-hetero) is 1. The van der Waals surface area contributed by atoms with Crippen LogP contribution in [0.2, 0.25) is 5.02 Å². The van der Waals surface area contributed by atoms with Gasteiger partial charge in [-0.3, -0.25) is 9.59 Å². The molecular weight excluding hydrogens is 475 g/mol. The van der Waals surface area contributed by atoms with Crippen LogP contribution >= 0.6 is 11.6 Å². The van der Waals surface area contributed by atoms with E-state index in [1.165, 1.54) is 19.1 Å². The van der Waals surface area contributed by atoms with Crippen molar-refractivity contribution in [1.82, 2.24) is 5.32 Å². The van der Waals surface area contributed by atoms with E-state index < -0.39 is 12.1 Å². The molecule has 0 saturated heterocycles. The van der Waals surface area contributed by atoms with Crippen LogP contribution in [-0.2, 0) is 27.4 Å². The number of anilines is 1. The van der Waals surface area contributed by atoms with Gasteiger partial charge in [0.05, 0.1) is 11.4 Å². The molecule has 0 fully saturated rings. The van der Waals surface area contributed by atoms with Crippen LogP contribution in [-0.4, -0.2) is 30.4 Å². The molecule has 3 aromatic rings. The van der Waals surface area contributed by atoms with E-state index in [9.17, 15) is 18.8 Å². The maximum absolute atomic E-state index is 13.0. The molecule has 35 heavy (non-hydrogen) atoms. The molecule has 0 spiro atoms. The van der Waals surface area contributed by atoms with E-state index in [4.69, 9.17) is 21.1 Å². The van der Waals surface area contributed by atoms with Gasteiger partial charge in [-0.2, -0.15) is 0 Å². The number of hydrogen-bond donors (Lipinski definition) is 2. The van der Waals surface area contributed by atoms with Crippen molar-refractivity contribution in [2.45, 2.75) is 26.0 Å². The minimum absolute atomic E-state index is 0.0361. The number of para-hydroxylation sites is 1. The quantitative estimate of drug-likeness (QED) is 0.413. The highest BCUT2D eigenvalue weighted by atomic mass is 35.5. The lowest BCUT2D eigenvalue weighted by Crippen LogP contribution is -2.44. The Balaban J connectivity index is 1.44. The fraction of sp³-hybridized carbons (Fsp3) is 0.192. The summed E-state index contributed by atoms with van der Waals surface area (Å²) in [5.41, 5.74) is 1.95. The molecule has 2 N–H and O–H groups in total. The third-order valence-electron chi connectivity index (χ3n) is 4.91. The van der Waals surface area contributed by atoms with Gasteiger partial charge in [0.25, 0.3) is 0 Å². The lowest BCUT2D eigenvalue weighted by atomic mass is 10.1. The average Bonchev–Trinajstić information content (AvgIpc) is 2.83. The van der Waals surface area contributed by atoms with Crippen molar-refractivity contribution in [2.75, 3.05) is 11.9 Å². The first kappa shape index (κ1) is 25.7. The zero-order valence-corrected chi connectivity index (χ0v) is 19.7. The second kappa shape index (κ2) is 12.5. The number of ketones is 1. The molecule has 0 saturated carbocycles. The highest BCUT2D eigenvalue weighted by Crippen LogP contribution is 2.23. The standard InChI is InChI=1S/C26H24ClFN2O5/c1-17(31)23(16-34-24-5-3-2-4-22(24)27)30-26(33)35-15-19-8-12-21(13-9-19)29-25(32)14-18-6-10-20(28)11-7-18/h2-13,23H,14-16H2,1H3,(H,29,32)(H,30,33)/t23-/m0/s1. The van der Waals surface area contributed by atoms with Crippen LogP contribution in [0, 0.1) is 5.82 Å². The molecule has 0 unspecified atom stereocenters. The summed E-state index contributed by atoms with van der Waals surface area (Å²) in [6, 6.07) is 18.4. The number of alkyl carbamates (subject to hydrolysis) is 1. The highest BCUT2D eigenvalue weighted by molar-refractivity contribution is 6.32. The molecule has 0 aromatic heterocycles. The minimum Gasteiger partial charge on any atom is -0.489 e. The van der Waals surface area contributed by atoms with Gasteiger partial charge >= 0.3 is 6.09 Å². The van der Waals surface area contributed by atoms with Gasteiger partial charge in [-0.15, -0.1) is 0 Å². The van der Waals surface area contributed by atoms with E-state index in [2.05, 4.69) is 10.6 Å². The molecule has 7 nitrogen and oxygen atoms in total. The predicted molar refractivity (Wildman–Crippen MR) is 130 cm³/mol. The van der Waals surface area contributed by atoms with E-state index >= 15 is 0 Å². The van der Waals surface area contributed by atoms with Crippen molar-refractivity contribution < 1.29 is 28.2 Å². The molecule has 0 heterocycles. The number of hydrogen-bond acceptors (Lipinski definition) is 5. The third-order valence-corrected chi connectivity index (χ3v) is 5.22. The molecule has 0 aliphatic rings. The molecular formula is C26H24ClFN2O5. The molecule has 1 atom stereocenters. The summed E-state index contributed by atoms with van der Waals surface area (Å²) in [5, 5.41) is 5.63. The SMILES string of the molecule is CC(=O)[C@H](COc1ccccc1Cl)NC(=O)OCc1ccc(NC(=O)Cc2ccc(F)cc2)cc1. The Bertz CT molecular complexity index is 1170. The molecule has 0 aliphatic heterocycles. The van der Waals surface area contributed by atoms with Crippen LogP contribution in [0.5, 0.6) is 5.75 Å². The van der Waals surface area contributed by atoms with Crippen molar-refractivity contribution in [2.24, 2.45) is 0 Å². The zero-order valence-electron chi connectivity index (χ0n) is 18.9. The second-order valence-corrected chi connectivity index (χ2v) is 8.08. The number of rotatable bonds is 10. The Morgan fingerprint density at radius 3 is 2.26 bits per heavy atom. The molecule has 0 aliphatic carbocycles. The summed E-state index contributed by atoms with van der Waals surface area (Å²) in [5.74, 6) is -0.493. The number of halogens is 2. The summed E-state index contributed by atoms with van der Waals surface area (Å²) in [7, 11) is 0. The predicted octanol–water partition coefficient (Wildman–Crippen LogP) is 4.92. The third kappa shape index (κ3) is 8.42. The van der Waals surface area contributed by atoms with Gasteiger partial charge in [0, 0.05) is 5.69 Å². The van der Waals surface area contributed by atoms with Crippen molar-refractivity contribution >= 4 is 35.1 Å². The van der Waals surface area contributed by atoms with E-state index in [0.29, 0.717) is 27.6 Å². The van der Waals surface area contributed by atoms with Crippen LogP contribution in [0.4, 0.5) is 14.9 Å². The zero-order chi connectivity index (χ0) is 25.2. The summed E-state index contributed by atoms with van der Waals surface area (Å²) in [4.78, 5) is 36.2. The first-order chi connectivity index (χ1) is 16.8. The molecule has 2 amide bonds. The number of carbonyl (C=O) groups excluding carboxylic acids is 3. The Kier molecular flexibility index (Phi) is 9.20. The van der Waals surface area contributed by atoms with Gasteiger partial charge in [-0.25, -0.2) is 9.18 Å². The maximum Gasteiger partial charge on any atom is 0.408 e. The average molecular weight is 499 g/mol. The van der Waals surface area contributed by atoms with E-state index in [0.717, 1.165) is 0 Å². The van der Waals surface area contributed by atoms with Gasteiger partial charge in [-0.05, 0) is 54.4 Å². The number of nitrogens with one attached hydrogen (secondary N) is 2. The topological polar surface area (TPSA) is 93.7 Å². The largest absolute Gasteiger partial charge is 0.489 e. The Labute approximate surface area is 207 Å². The van der Waals surface area contributed by atoms with Crippen LogP contribution in [0.25, 0.3) is 0 Å². The molecule has 182 valence electrons. The van der Waals surface area contributed by atoms with Crippen LogP contribution in [0.1, 0.15) is 18.1 Å². The fourth-order valence-electron chi connectivity index (χ4n) is 3.01.